The highest BCUT2D eigenvalue weighted by Crippen LogP contribution is 2.30. The van der Waals surface area contributed by atoms with Crippen LogP contribution in [0.4, 0.5) is 13.2 Å². The molecule has 0 aliphatic carbocycles. The van der Waals surface area contributed by atoms with Crippen molar-refractivity contribution in [2.24, 2.45) is 0 Å². The second kappa shape index (κ2) is 5.91. The van der Waals surface area contributed by atoms with Crippen LogP contribution >= 0.6 is 0 Å². The molecule has 108 valence electrons. The lowest BCUT2D eigenvalue weighted by Crippen LogP contribution is -3.00. The van der Waals surface area contributed by atoms with Gasteiger partial charge in [-0.2, -0.15) is 17.7 Å². The number of carboxylic acids is 1. The van der Waals surface area contributed by atoms with Gasteiger partial charge in [0.05, 0.1) is 0 Å². The van der Waals surface area contributed by atoms with Crippen LogP contribution in [0.25, 0.3) is 11.5 Å². The number of aliphatic carboxylic acids is 1. The number of rotatable bonds is 3. The average Bonchev–Trinajstić information content (AvgIpc) is 2.78. The smallest absolute Gasteiger partial charge is 0.436 e. The third-order valence-electron chi connectivity index (χ3n) is 2.25. The van der Waals surface area contributed by atoms with E-state index < -0.39 is 17.8 Å². The number of oxazole rings is 1. The van der Waals surface area contributed by atoms with E-state index in [0.717, 1.165) is 0 Å². The van der Waals surface area contributed by atoms with Crippen LogP contribution in [-0.2, 0) is 17.5 Å². The number of alkyl halides is 3. The van der Waals surface area contributed by atoms with Crippen LogP contribution in [0, 0.1) is 0 Å². The summed E-state index contributed by atoms with van der Waals surface area (Å²) in [6, 6.07) is 2.85. The first-order chi connectivity index (χ1) is 8.86. The van der Waals surface area contributed by atoms with Crippen molar-refractivity contribution in [2.75, 3.05) is 0 Å². The summed E-state index contributed by atoms with van der Waals surface area (Å²) in [7, 11) is 0. The number of carbonyl (C=O) groups is 1. The van der Waals surface area contributed by atoms with E-state index >= 15 is 0 Å². The number of hydrogen-bond acceptors (Lipinski definition) is 3. The molecule has 0 radical (unpaired) electrons. The van der Waals surface area contributed by atoms with Gasteiger partial charge in [-0.1, -0.05) is 0 Å². The Hall–Kier alpha value is -2.09. The van der Waals surface area contributed by atoms with E-state index in [9.17, 15) is 18.0 Å². The second-order valence-electron chi connectivity index (χ2n) is 3.69. The molecule has 0 amide bonds. The zero-order chi connectivity index (χ0) is 14.0. The van der Waals surface area contributed by atoms with Crippen molar-refractivity contribution in [1.82, 2.24) is 4.98 Å². The standard InChI is InChI=1S/C11H7F3N2O3.ClH/c12-11(13,14)8-6-19-10(15-8)7-1-3-16(4-2-7)5-9(17)18;/h1-4,6H,5H2;1H. The Kier molecular flexibility index (Phi) is 4.72. The molecule has 0 bridgehead atoms. The Morgan fingerprint density at radius 2 is 1.95 bits per heavy atom. The minimum Gasteiger partial charge on any atom is -1.00 e. The van der Waals surface area contributed by atoms with Gasteiger partial charge in [0.2, 0.25) is 12.4 Å². The maximum Gasteiger partial charge on any atom is 0.436 e. The minimum atomic E-state index is -4.56. The molecule has 0 saturated carbocycles. The lowest BCUT2D eigenvalue weighted by Gasteiger charge is -1.98. The summed E-state index contributed by atoms with van der Waals surface area (Å²) in [5.41, 5.74) is -0.776. The van der Waals surface area contributed by atoms with Crippen LogP contribution < -0.4 is 17.0 Å². The molecule has 0 fully saturated rings. The number of nitrogens with zero attached hydrogens (tertiary/aromatic N) is 2. The minimum absolute atomic E-state index is 0. The van der Waals surface area contributed by atoms with E-state index in [4.69, 9.17) is 9.52 Å². The Morgan fingerprint density at radius 3 is 2.40 bits per heavy atom. The molecule has 20 heavy (non-hydrogen) atoms. The normalized spacial score (nSPS) is 10.9. The SMILES string of the molecule is O=C(O)C[n+]1ccc(-c2nc(C(F)(F)F)co2)cc1.[Cl-]. The van der Waals surface area contributed by atoms with Crippen molar-refractivity contribution >= 4 is 5.97 Å². The lowest BCUT2D eigenvalue weighted by atomic mass is 10.2. The first-order valence-electron chi connectivity index (χ1n) is 5.10. The van der Waals surface area contributed by atoms with Crippen molar-refractivity contribution in [3.8, 4) is 11.5 Å². The van der Waals surface area contributed by atoms with Crippen molar-refractivity contribution < 1.29 is 44.5 Å². The van der Waals surface area contributed by atoms with Crippen LogP contribution in [0.2, 0.25) is 0 Å². The van der Waals surface area contributed by atoms with Crippen molar-refractivity contribution in [1.29, 1.82) is 0 Å². The van der Waals surface area contributed by atoms with Gasteiger partial charge >= 0.3 is 12.1 Å². The van der Waals surface area contributed by atoms with Crippen LogP contribution in [0.5, 0.6) is 0 Å². The maximum absolute atomic E-state index is 12.3. The summed E-state index contributed by atoms with van der Waals surface area (Å²) >= 11 is 0. The summed E-state index contributed by atoms with van der Waals surface area (Å²) in [6.07, 6.45) is -1.19. The quantitative estimate of drug-likeness (QED) is 0.719. The Bertz CT molecular complexity index is 596. The summed E-state index contributed by atoms with van der Waals surface area (Å²) < 4.78 is 43.1. The van der Waals surface area contributed by atoms with Crippen LogP contribution in [0.1, 0.15) is 5.69 Å². The third-order valence-corrected chi connectivity index (χ3v) is 2.25. The van der Waals surface area contributed by atoms with Gasteiger partial charge in [0, 0.05) is 17.7 Å². The van der Waals surface area contributed by atoms with Gasteiger partial charge in [-0.25, -0.2) is 9.78 Å². The Labute approximate surface area is 117 Å². The predicted molar refractivity (Wildman–Crippen MR) is 54.8 cm³/mol. The van der Waals surface area contributed by atoms with E-state index in [2.05, 4.69) is 4.98 Å². The van der Waals surface area contributed by atoms with E-state index in [1.165, 1.54) is 29.1 Å². The van der Waals surface area contributed by atoms with Gasteiger partial charge in [-0.15, -0.1) is 0 Å². The molecule has 2 rings (SSSR count). The first-order valence-corrected chi connectivity index (χ1v) is 5.10. The van der Waals surface area contributed by atoms with E-state index in [1.54, 1.807) is 0 Å². The highest BCUT2D eigenvalue weighted by Gasteiger charge is 2.34. The number of carboxylic acid groups (broad SMARTS) is 1. The van der Waals surface area contributed by atoms with E-state index in [1.807, 2.05) is 0 Å². The molecule has 0 aliphatic rings. The summed E-state index contributed by atoms with van der Waals surface area (Å²) in [6.45, 7) is -0.236. The highest BCUT2D eigenvalue weighted by atomic mass is 35.5. The molecular weight excluding hydrogens is 301 g/mol. The second-order valence-corrected chi connectivity index (χ2v) is 3.69. The largest absolute Gasteiger partial charge is 1.00 e. The molecular formula is C11H8ClF3N2O3. The number of hydrogen-bond donors (Lipinski definition) is 1. The molecule has 2 heterocycles. The van der Waals surface area contributed by atoms with Gasteiger partial charge in [0.1, 0.15) is 6.26 Å². The van der Waals surface area contributed by atoms with Crippen LogP contribution in [-0.4, -0.2) is 16.1 Å². The average molecular weight is 309 g/mol. The molecule has 5 nitrogen and oxygen atoms in total. The molecule has 0 aliphatic heterocycles. The van der Waals surface area contributed by atoms with E-state index in [0.29, 0.717) is 11.8 Å². The molecule has 2 aromatic rings. The zero-order valence-corrected chi connectivity index (χ0v) is 10.5. The number of pyridine rings is 1. The van der Waals surface area contributed by atoms with Gasteiger partial charge in [0.15, 0.2) is 18.1 Å². The van der Waals surface area contributed by atoms with Crippen LogP contribution in [0.3, 0.4) is 0 Å². The molecule has 1 N–H and O–H groups in total. The van der Waals surface area contributed by atoms with Gasteiger partial charge < -0.3 is 21.9 Å². The molecule has 0 spiro atoms. The molecule has 2 aromatic heterocycles. The highest BCUT2D eigenvalue weighted by molar-refractivity contribution is 5.64. The molecule has 0 saturated heterocycles. The Morgan fingerprint density at radius 1 is 1.35 bits per heavy atom. The Balaban J connectivity index is 0.00000200. The molecule has 0 aromatic carbocycles. The van der Waals surface area contributed by atoms with Crippen LogP contribution in [0.15, 0.2) is 35.2 Å². The molecule has 0 atom stereocenters. The van der Waals surface area contributed by atoms with Gasteiger partial charge in [0.25, 0.3) is 0 Å². The van der Waals surface area contributed by atoms with Gasteiger partial charge in [-0.05, 0) is 0 Å². The molecule has 9 heteroatoms. The first kappa shape index (κ1) is 16.0. The van der Waals surface area contributed by atoms with E-state index in [-0.39, 0.29) is 24.8 Å². The predicted octanol–water partition coefficient (Wildman–Crippen LogP) is -1.26. The fourth-order valence-corrected chi connectivity index (χ4v) is 1.40. The maximum atomic E-state index is 12.3. The summed E-state index contributed by atoms with van der Waals surface area (Å²) in [5, 5.41) is 8.57. The van der Waals surface area contributed by atoms with Crippen molar-refractivity contribution in [3.05, 3.63) is 36.5 Å². The fourth-order valence-electron chi connectivity index (χ4n) is 1.40. The monoisotopic (exact) mass is 308 g/mol. The summed E-state index contributed by atoms with van der Waals surface area (Å²) in [4.78, 5) is 13.8. The zero-order valence-electron chi connectivity index (χ0n) is 9.76. The fraction of sp³-hybridized carbons (Fsp3) is 0.182. The molecule has 0 unspecified atom stereocenters. The van der Waals surface area contributed by atoms with Crippen molar-refractivity contribution in [2.45, 2.75) is 12.7 Å². The van der Waals surface area contributed by atoms with Crippen molar-refractivity contribution in [3.63, 3.8) is 0 Å². The topological polar surface area (TPSA) is 67.2 Å². The summed E-state index contributed by atoms with van der Waals surface area (Å²) in [5.74, 6) is -1.19. The third kappa shape index (κ3) is 3.70. The lowest BCUT2D eigenvalue weighted by molar-refractivity contribution is -0.685. The number of halogens is 4. The number of aromatic nitrogens is 2. The van der Waals surface area contributed by atoms with Gasteiger partial charge in [-0.3, -0.25) is 0 Å².